The van der Waals surface area contributed by atoms with Gasteiger partial charge >= 0.3 is 5.97 Å². The summed E-state index contributed by atoms with van der Waals surface area (Å²) < 4.78 is 15.7. The summed E-state index contributed by atoms with van der Waals surface area (Å²) in [6.45, 7) is 5.68. The Labute approximate surface area is 191 Å². The highest BCUT2D eigenvalue weighted by atomic mass is 32.2. The molecule has 0 aromatic heterocycles. The molecule has 1 heterocycles. The molecule has 0 saturated heterocycles. The average Bonchev–Trinajstić information content (AvgIpc) is 3.24. The molecule has 1 unspecified atom stereocenters. The van der Waals surface area contributed by atoms with E-state index in [9.17, 15) is 14.4 Å². The molecular formula is C23H26N2O6S. The summed E-state index contributed by atoms with van der Waals surface area (Å²) in [7, 11) is 0. The minimum absolute atomic E-state index is 0.0210. The number of amides is 2. The van der Waals surface area contributed by atoms with Crippen LogP contribution in [0.5, 0.6) is 11.5 Å². The van der Waals surface area contributed by atoms with Gasteiger partial charge < -0.3 is 24.8 Å². The third-order valence-corrected chi connectivity index (χ3v) is 5.92. The molecule has 2 aromatic rings. The number of rotatable bonds is 9. The number of carbonyl (C=O) groups excluding carboxylic acids is 3. The first kappa shape index (κ1) is 23.5. The van der Waals surface area contributed by atoms with Gasteiger partial charge in [-0.15, -0.1) is 11.8 Å². The predicted molar refractivity (Wildman–Crippen MR) is 121 cm³/mol. The van der Waals surface area contributed by atoms with E-state index >= 15 is 0 Å². The van der Waals surface area contributed by atoms with Crippen molar-refractivity contribution in [2.75, 3.05) is 24.5 Å². The van der Waals surface area contributed by atoms with Crippen molar-refractivity contribution in [3.63, 3.8) is 0 Å². The first-order valence-corrected chi connectivity index (χ1v) is 11.2. The Hall–Kier alpha value is -3.20. The van der Waals surface area contributed by atoms with Crippen molar-refractivity contribution in [2.24, 2.45) is 5.92 Å². The van der Waals surface area contributed by atoms with Crippen molar-refractivity contribution in [1.82, 2.24) is 5.32 Å². The largest absolute Gasteiger partial charge is 0.454 e. The maximum Gasteiger partial charge on any atom is 0.339 e. The Morgan fingerprint density at radius 3 is 2.56 bits per heavy atom. The number of benzene rings is 2. The van der Waals surface area contributed by atoms with Gasteiger partial charge in [-0.3, -0.25) is 9.59 Å². The lowest BCUT2D eigenvalue weighted by atomic mass is 10.1. The second kappa shape index (κ2) is 10.9. The van der Waals surface area contributed by atoms with E-state index in [0.29, 0.717) is 27.6 Å². The molecule has 0 aliphatic carbocycles. The van der Waals surface area contributed by atoms with Crippen LogP contribution in [0.15, 0.2) is 47.4 Å². The Morgan fingerprint density at radius 1 is 1.03 bits per heavy atom. The molecule has 0 saturated carbocycles. The van der Waals surface area contributed by atoms with Crippen LogP contribution in [0.3, 0.4) is 0 Å². The van der Waals surface area contributed by atoms with Crippen LogP contribution < -0.4 is 20.1 Å². The number of hydrogen-bond donors (Lipinski definition) is 2. The number of thioether (sulfide) groups is 1. The molecule has 0 spiro atoms. The lowest BCUT2D eigenvalue weighted by Crippen LogP contribution is -2.38. The average molecular weight is 459 g/mol. The van der Waals surface area contributed by atoms with Crippen LogP contribution in [0.4, 0.5) is 5.69 Å². The third kappa shape index (κ3) is 6.40. The summed E-state index contributed by atoms with van der Waals surface area (Å²) in [6, 6.07) is 11.9. The Bertz CT molecular complexity index is 994. The molecule has 1 aliphatic heterocycles. The lowest BCUT2D eigenvalue weighted by molar-refractivity contribution is -0.125. The number of esters is 1. The molecule has 2 aromatic carbocycles. The highest BCUT2D eigenvalue weighted by Gasteiger charge is 2.18. The standard InChI is InChI=1S/C23H26N2O6S/c1-14(2)15(3)24-21(26)11-29-23(28)17-6-4-5-7-20(17)32-12-22(27)25-16-8-9-18-19(10-16)31-13-30-18/h4-10,14-15H,11-13H2,1-3H3,(H,24,26)(H,25,27). The van der Waals surface area contributed by atoms with Gasteiger partial charge in [0, 0.05) is 22.7 Å². The van der Waals surface area contributed by atoms with E-state index in [0.717, 1.165) is 0 Å². The van der Waals surface area contributed by atoms with Crippen LogP contribution in [0, 0.1) is 5.92 Å². The topological polar surface area (TPSA) is 103 Å². The fourth-order valence-electron chi connectivity index (χ4n) is 2.75. The van der Waals surface area contributed by atoms with E-state index in [1.54, 1.807) is 42.5 Å². The molecule has 170 valence electrons. The monoisotopic (exact) mass is 458 g/mol. The highest BCUT2D eigenvalue weighted by molar-refractivity contribution is 8.00. The molecular weight excluding hydrogens is 432 g/mol. The first-order chi connectivity index (χ1) is 15.3. The summed E-state index contributed by atoms with van der Waals surface area (Å²) in [5.74, 6) is 0.372. The number of nitrogens with one attached hydrogen (secondary N) is 2. The van der Waals surface area contributed by atoms with Gasteiger partial charge in [0.05, 0.1) is 11.3 Å². The maximum atomic E-state index is 12.5. The molecule has 0 radical (unpaired) electrons. The SMILES string of the molecule is CC(C)C(C)NC(=O)COC(=O)c1ccccc1SCC(=O)Nc1ccc2c(c1)OCO2. The van der Waals surface area contributed by atoms with Gasteiger partial charge in [0.25, 0.3) is 5.91 Å². The van der Waals surface area contributed by atoms with Gasteiger partial charge in [0.2, 0.25) is 12.7 Å². The van der Waals surface area contributed by atoms with Gasteiger partial charge in [-0.25, -0.2) is 4.79 Å². The smallest absolute Gasteiger partial charge is 0.339 e. The van der Waals surface area contributed by atoms with E-state index < -0.39 is 5.97 Å². The summed E-state index contributed by atoms with van der Waals surface area (Å²) >= 11 is 1.21. The number of hydrogen-bond acceptors (Lipinski definition) is 7. The quantitative estimate of drug-likeness (QED) is 0.438. The fourth-order valence-corrected chi connectivity index (χ4v) is 3.59. The Balaban J connectivity index is 1.52. The van der Waals surface area contributed by atoms with Crippen molar-refractivity contribution in [2.45, 2.75) is 31.7 Å². The molecule has 9 heteroatoms. The van der Waals surface area contributed by atoms with Crippen molar-refractivity contribution >= 4 is 35.2 Å². The lowest BCUT2D eigenvalue weighted by Gasteiger charge is -2.17. The molecule has 2 amide bonds. The molecule has 3 rings (SSSR count). The molecule has 0 fully saturated rings. The van der Waals surface area contributed by atoms with Crippen LogP contribution in [-0.4, -0.2) is 43.0 Å². The summed E-state index contributed by atoms with van der Waals surface area (Å²) in [5, 5.41) is 5.58. The second-order valence-corrected chi connectivity index (χ2v) is 8.59. The Morgan fingerprint density at radius 2 is 1.78 bits per heavy atom. The van der Waals surface area contributed by atoms with E-state index in [1.165, 1.54) is 11.8 Å². The van der Waals surface area contributed by atoms with E-state index in [-0.39, 0.29) is 42.9 Å². The minimum Gasteiger partial charge on any atom is -0.454 e. The highest BCUT2D eigenvalue weighted by Crippen LogP contribution is 2.34. The molecule has 2 N–H and O–H groups in total. The third-order valence-electron chi connectivity index (χ3n) is 4.85. The molecule has 0 bridgehead atoms. The summed E-state index contributed by atoms with van der Waals surface area (Å²) in [5.41, 5.74) is 0.896. The van der Waals surface area contributed by atoms with Crippen molar-refractivity contribution in [3.8, 4) is 11.5 Å². The van der Waals surface area contributed by atoms with E-state index in [2.05, 4.69) is 10.6 Å². The predicted octanol–water partition coefficient (Wildman–Crippen LogP) is 3.46. The van der Waals surface area contributed by atoms with Crippen LogP contribution in [-0.2, 0) is 14.3 Å². The zero-order chi connectivity index (χ0) is 23.1. The number of ether oxygens (including phenoxy) is 3. The van der Waals surface area contributed by atoms with Gasteiger partial charge in [-0.2, -0.15) is 0 Å². The van der Waals surface area contributed by atoms with Gasteiger partial charge in [-0.1, -0.05) is 26.0 Å². The summed E-state index contributed by atoms with van der Waals surface area (Å²) in [4.78, 5) is 37.4. The van der Waals surface area contributed by atoms with Crippen LogP contribution in [0.25, 0.3) is 0 Å². The van der Waals surface area contributed by atoms with Crippen molar-refractivity contribution in [3.05, 3.63) is 48.0 Å². The Kier molecular flexibility index (Phi) is 7.99. The van der Waals surface area contributed by atoms with Gasteiger partial charge in [0.1, 0.15) is 0 Å². The van der Waals surface area contributed by atoms with Crippen LogP contribution in [0.2, 0.25) is 0 Å². The second-order valence-electron chi connectivity index (χ2n) is 7.58. The van der Waals surface area contributed by atoms with Crippen molar-refractivity contribution < 1.29 is 28.6 Å². The normalized spacial score (nSPS) is 12.9. The minimum atomic E-state index is -0.614. The number of carbonyl (C=O) groups is 3. The van der Waals surface area contributed by atoms with Crippen LogP contribution in [0.1, 0.15) is 31.1 Å². The van der Waals surface area contributed by atoms with Gasteiger partial charge in [0.15, 0.2) is 18.1 Å². The molecule has 1 aliphatic rings. The molecule has 1 atom stereocenters. The maximum absolute atomic E-state index is 12.5. The first-order valence-electron chi connectivity index (χ1n) is 10.2. The molecule has 32 heavy (non-hydrogen) atoms. The van der Waals surface area contributed by atoms with E-state index in [4.69, 9.17) is 14.2 Å². The fraction of sp³-hybridized carbons (Fsp3) is 0.348. The van der Waals surface area contributed by atoms with E-state index in [1.807, 2.05) is 20.8 Å². The van der Waals surface area contributed by atoms with Crippen molar-refractivity contribution in [1.29, 1.82) is 0 Å². The number of anilines is 1. The zero-order valence-corrected chi connectivity index (χ0v) is 19.0. The summed E-state index contributed by atoms with van der Waals surface area (Å²) in [6.07, 6.45) is 0. The van der Waals surface area contributed by atoms with Gasteiger partial charge in [-0.05, 0) is 37.1 Å². The van der Waals surface area contributed by atoms with Crippen LogP contribution >= 0.6 is 11.8 Å². The zero-order valence-electron chi connectivity index (χ0n) is 18.2. The number of fused-ring (bicyclic) bond motifs is 1. The molecule has 8 nitrogen and oxygen atoms in total.